The zero-order valence-corrected chi connectivity index (χ0v) is 10.4. The van der Waals surface area contributed by atoms with Crippen molar-refractivity contribution in [1.29, 1.82) is 0 Å². The molecule has 1 aromatic carbocycles. The minimum absolute atomic E-state index is 0.0626. The summed E-state index contributed by atoms with van der Waals surface area (Å²) in [6.45, 7) is -0.116. The van der Waals surface area contributed by atoms with Gasteiger partial charge in [0.2, 0.25) is 0 Å². The van der Waals surface area contributed by atoms with Gasteiger partial charge >= 0.3 is 0 Å². The van der Waals surface area contributed by atoms with Gasteiger partial charge < -0.3 is 5.11 Å². The van der Waals surface area contributed by atoms with Gasteiger partial charge in [0, 0.05) is 22.1 Å². The van der Waals surface area contributed by atoms with Crippen LogP contribution < -0.4 is 0 Å². The van der Waals surface area contributed by atoms with Crippen molar-refractivity contribution in [2.75, 3.05) is 6.61 Å². The van der Waals surface area contributed by atoms with E-state index < -0.39 is 0 Å². The maximum atomic E-state index is 11.5. The normalized spacial score (nSPS) is 15.1. The van der Waals surface area contributed by atoms with Gasteiger partial charge in [0.1, 0.15) is 0 Å². The molecule has 0 radical (unpaired) electrons. The average molecular weight is 257 g/mol. The molecule has 2 nitrogen and oxygen atoms in total. The second-order valence-corrected chi connectivity index (χ2v) is 5.61. The van der Waals surface area contributed by atoms with Gasteiger partial charge in [0.15, 0.2) is 5.78 Å². The third-order valence-electron chi connectivity index (χ3n) is 2.41. The first-order valence-electron chi connectivity index (χ1n) is 5.31. The maximum absolute atomic E-state index is 11.5. The summed E-state index contributed by atoms with van der Waals surface area (Å²) >= 11 is 7.89. The van der Waals surface area contributed by atoms with Crippen LogP contribution in [0.15, 0.2) is 23.1 Å². The predicted molar refractivity (Wildman–Crippen MR) is 66.4 cm³/mol. The second kappa shape index (κ2) is 5.21. The Morgan fingerprint density at radius 1 is 1.50 bits per heavy atom. The van der Waals surface area contributed by atoms with Crippen molar-refractivity contribution in [2.24, 2.45) is 0 Å². The van der Waals surface area contributed by atoms with E-state index >= 15 is 0 Å². The summed E-state index contributed by atoms with van der Waals surface area (Å²) in [4.78, 5) is 12.6. The number of benzene rings is 1. The lowest BCUT2D eigenvalue weighted by molar-refractivity contribution is 0.0956. The van der Waals surface area contributed by atoms with E-state index in [2.05, 4.69) is 0 Å². The van der Waals surface area contributed by atoms with Crippen LogP contribution in [-0.4, -0.2) is 22.7 Å². The van der Waals surface area contributed by atoms with Crippen molar-refractivity contribution < 1.29 is 9.90 Å². The summed E-state index contributed by atoms with van der Waals surface area (Å²) in [7, 11) is 0. The summed E-state index contributed by atoms with van der Waals surface area (Å²) in [6, 6.07) is 5.38. The van der Waals surface area contributed by atoms with E-state index in [1.54, 1.807) is 23.9 Å². The molecule has 1 aliphatic rings. The lowest BCUT2D eigenvalue weighted by Gasteiger charge is -2.05. The molecule has 0 bridgehead atoms. The van der Waals surface area contributed by atoms with Gasteiger partial charge in [0.25, 0.3) is 0 Å². The van der Waals surface area contributed by atoms with Crippen molar-refractivity contribution in [1.82, 2.24) is 0 Å². The summed E-state index contributed by atoms with van der Waals surface area (Å²) in [6.07, 6.45) is 2.67. The average Bonchev–Trinajstić information content (AvgIpc) is 3.05. The smallest absolute Gasteiger partial charge is 0.165 e. The first kappa shape index (κ1) is 12.0. The van der Waals surface area contributed by atoms with Crippen LogP contribution in [0.4, 0.5) is 0 Å². The molecule has 86 valence electrons. The molecule has 4 heteroatoms. The summed E-state index contributed by atoms with van der Waals surface area (Å²) in [5.41, 5.74) is 0.583. The second-order valence-electron chi connectivity index (χ2n) is 3.86. The van der Waals surface area contributed by atoms with Crippen molar-refractivity contribution in [3.63, 3.8) is 0 Å². The predicted octanol–water partition coefficient (Wildman–Crippen LogP) is 3.16. The number of aliphatic hydroxyl groups excluding tert-OH is 1. The zero-order valence-electron chi connectivity index (χ0n) is 8.78. The fraction of sp³-hybridized carbons (Fsp3) is 0.417. The van der Waals surface area contributed by atoms with E-state index in [4.69, 9.17) is 16.7 Å². The number of ketones is 1. The number of hydrogen-bond donors (Lipinski definition) is 1. The molecule has 0 unspecified atom stereocenters. The van der Waals surface area contributed by atoms with Crippen LogP contribution in [-0.2, 0) is 0 Å². The van der Waals surface area contributed by atoms with Crippen molar-refractivity contribution in [3.8, 4) is 0 Å². The van der Waals surface area contributed by atoms with Crippen LogP contribution in [0, 0.1) is 0 Å². The number of carbonyl (C=O) groups is 1. The van der Waals surface area contributed by atoms with Gasteiger partial charge in [0.05, 0.1) is 11.6 Å². The van der Waals surface area contributed by atoms with E-state index in [1.165, 1.54) is 12.8 Å². The van der Waals surface area contributed by atoms with Crippen LogP contribution in [0.3, 0.4) is 0 Å². The Balaban J connectivity index is 2.11. The summed E-state index contributed by atoms with van der Waals surface area (Å²) in [5, 5.41) is 10.0. The monoisotopic (exact) mass is 256 g/mol. The number of rotatable bonds is 5. The molecule has 2 rings (SSSR count). The first-order valence-corrected chi connectivity index (χ1v) is 6.56. The molecule has 0 heterocycles. The van der Waals surface area contributed by atoms with Crippen LogP contribution >= 0.6 is 23.4 Å². The van der Waals surface area contributed by atoms with Gasteiger partial charge in [-0.3, -0.25) is 4.79 Å². The SMILES string of the molecule is O=C(CCO)c1ccc(SC2CC2)c(Cl)c1. The molecule has 0 saturated heterocycles. The maximum Gasteiger partial charge on any atom is 0.165 e. The molecule has 0 aromatic heterocycles. The van der Waals surface area contributed by atoms with E-state index in [0.717, 1.165) is 4.90 Å². The molecular weight excluding hydrogens is 244 g/mol. The number of carbonyl (C=O) groups excluding carboxylic acids is 1. The molecule has 0 aliphatic heterocycles. The highest BCUT2D eigenvalue weighted by Crippen LogP contribution is 2.41. The van der Waals surface area contributed by atoms with Crippen LogP contribution in [0.5, 0.6) is 0 Å². The van der Waals surface area contributed by atoms with Gasteiger partial charge in [-0.1, -0.05) is 17.7 Å². The Morgan fingerprint density at radius 2 is 2.25 bits per heavy atom. The Morgan fingerprint density at radius 3 is 2.81 bits per heavy atom. The molecule has 1 saturated carbocycles. The minimum Gasteiger partial charge on any atom is -0.396 e. The van der Waals surface area contributed by atoms with E-state index in [0.29, 0.717) is 15.8 Å². The van der Waals surface area contributed by atoms with Crippen LogP contribution in [0.2, 0.25) is 5.02 Å². The van der Waals surface area contributed by atoms with E-state index in [-0.39, 0.29) is 18.8 Å². The standard InChI is InChI=1S/C12H13ClO2S/c13-10-7-8(11(15)5-6-14)1-4-12(10)16-9-2-3-9/h1,4,7,9,14H,2-3,5-6H2. The van der Waals surface area contributed by atoms with Gasteiger partial charge in [-0.2, -0.15) is 0 Å². The number of Topliss-reactive ketones (excluding diaryl/α,β-unsaturated/α-hetero) is 1. The molecule has 1 aromatic rings. The Hall–Kier alpha value is -0.510. The molecule has 1 fully saturated rings. The minimum atomic E-state index is -0.116. The molecule has 0 amide bonds. The number of hydrogen-bond acceptors (Lipinski definition) is 3. The van der Waals surface area contributed by atoms with Crippen molar-refractivity contribution >= 4 is 29.1 Å². The highest BCUT2D eigenvalue weighted by Gasteiger charge is 2.23. The molecular formula is C12H13ClO2S. The topological polar surface area (TPSA) is 37.3 Å². The Labute approximate surface area is 104 Å². The highest BCUT2D eigenvalue weighted by molar-refractivity contribution is 8.00. The van der Waals surface area contributed by atoms with Gasteiger partial charge in [-0.05, 0) is 25.0 Å². The number of halogens is 1. The fourth-order valence-electron chi connectivity index (χ4n) is 1.38. The summed E-state index contributed by atoms with van der Waals surface area (Å²) in [5.74, 6) is -0.0626. The number of aliphatic hydroxyl groups is 1. The molecule has 0 atom stereocenters. The molecule has 1 N–H and O–H groups in total. The fourth-order valence-corrected chi connectivity index (χ4v) is 2.74. The van der Waals surface area contributed by atoms with Gasteiger partial charge in [-0.15, -0.1) is 11.8 Å². The van der Waals surface area contributed by atoms with E-state index in [9.17, 15) is 4.79 Å². The van der Waals surface area contributed by atoms with E-state index in [1.807, 2.05) is 6.07 Å². The summed E-state index contributed by atoms with van der Waals surface area (Å²) < 4.78 is 0. The molecule has 16 heavy (non-hydrogen) atoms. The largest absolute Gasteiger partial charge is 0.396 e. The first-order chi connectivity index (χ1) is 7.70. The third kappa shape index (κ3) is 3.00. The highest BCUT2D eigenvalue weighted by atomic mass is 35.5. The lowest BCUT2D eigenvalue weighted by atomic mass is 10.1. The third-order valence-corrected chi connectivity index (χ3v) is 4.25. The van der Waals surface area contributed by atoms with Crippen LogP contribution in [0.25, 0.3) is 0 Å². The number of thioether (sulfide) groups is 1. The van der Waals surface area contributed by atoms with Gasteiger partial charge in [-0.25, -0.2) is 0 Å². The quantitative estimate of drug-likeness (QED) is 0.823. The Kier molecular flexibility index (Phi) is 3.90. The molecule has 0 spiro atoms. The lowest BCUT2D eigenvalue weighted by Crippen LogP contribution is -2.01. The van der Waals surface area contributed by atoms with Crippen molar-refractivity contribution in [3.05, 3.63) is 28.8 Å². The van der Waals surface area contributed by atoms with Crippen LogP contribution in [0.1, 0.15) is 29.6 Å². The molecule has 1 aliphatic carbocycles. The Bertz CT molecular complexity index is 402. The van der Waals surface area contributed by atoms with Crippen molar-refractivity contribution in [2.45, 2.75) is 29.4 Å². The zero-order chi connectivity index (χ0) is 11.5.